The van der Waals surface area contributed by atoms with E-state index in [0.29, 0.717) is 12.1 Å². The van der Waals surface area contributed by atoms with Crippen molar-refractivity contribution in [1.29, 1.82) is 0 Å². The molecule has 0 aliphatic rings. The first-order valence-electron chi connectivity index (χ1n) is 11.1. The number of carbonyl (C=O) groups is 2. The minimum atomic E-state index is -3.95. The molecule has 192 valence electrons. The van der Waals surface area contributed by atoms with Crippen LogP contribution in [0, 0.1) is 11.7 Å². The minimum absolute atomic E-state index is 0.0146. The summed E-state index contributed by atoms with van der Waals surface area (Å²) in [6.45, 7) is 5.44. The molecule has 1 atom stereocenters. The molecule has 0 radical (unpaired) electrons. The number of carbonyl (C=O) groups excluding carboxylic acids is 2. The van der Waals surface area contributed by atoms with Gasteiger partial charge < -0.3 is 10.2 Å². The predicted octanol–water partition coefficient (Wildman–Crippen LogP) is 4.48. The second kappa shape index (κ2) is 12.6. The number of halogens is 3. The molecule has 7 nitrogen and oxygen atoms in total. The monoisotopic (exact) mass is 545 g/mol. The van der Waals surface area contributed by atoms with Gasteiger partial charge in [-0.05, 0) is 42.2 Å². The Labute approximate surface area is 216 Å². The van der Waals surface area contributed by atoms with Crippen LogP contribution in [0.25, 0.3) is 0 Å². The lowest BCUT2D eigenvalue weighted by Crippen LogP contribution is -2.52. The number of benzene rings is 2. The third-order valence-corrected chi connectivity index (χ3v) is 7.15. The van der Waals surface area contributed by atoms with E-state index in [2.05, 4.69) is 5.32 Å². The fourth-order valence-electron chi connectivity index (χ4n) is 3.41. The SMILES string of the molecule is CC[C@H](C(=O)NCC(C)C)N(Cc1ccc(F)cc1)C(=O)CN(c1cccc(Cl)c1Cl)S(C)(=O)=O. The Balaban J connectivity index is 2.45. The molecule has 0 saturated heterocycles. The summed E-state index contributed by atoms with van der Waals surface area (Å²) in [5, 5.41) is 2.95. The first-order valence-corrected chi connectivity index (χ1v) is 13.7. The molecule has 2 aromatic rings. The van der Waals surface area contributed by atoms with Crippen LogP contribution in [0.4, 0.5) is 10.1 Å². The van der Waals surface area contributed by atoms with Gasteiger partial charge in [0.25, 0.3) is 0 Å². The summed E-state index contributed by atoms with van der Waals surface area (Å²) in [6.07, 6.45) is 1.24. The van der Waals surface area contributed by atoms with E-state index in [1.165, 1.54) is 47.4 Å². The first-order chi connectivity index (χ1) is 16.3. The van der Waals surface area contributed by atoms with Crippen molar-refractivity contribution in [2.45, 2.75) is 39.8 Å². The summed E-state index contributed by atoms with van der Waals surface area (Å²) in [5.74, 6) is -1.22. The number of nitrogens with one attached hydrogen (secondary N) is 1. The van der Waals surface area contributed by atoms with Crippen molar-refractivity contribution in [3.63, 3.8) is 0 Å². The second-order valence-electron chi connectivity index (χ2n) is 8.55. The summed E-state index contributed by atoms with van der Waals surface area (Å²) >= 11 is 12.3. The molecule has 35 heavy (non-hydrogen) atoms. The van der Waals surface area contributed by atoms with Gasteiger partial charge in [-0.1, -0.05) is 62.2 Å². The molecule has 0 aliphatic carbocycles. The lowest BCUT2D eigenvalue weighted by molar-refractivity contribution is -0.140. The van der Waals surface area contributed by atoms with E-state index in [1.54, 1.807) is 6.92 Å². The van der Waals surface area contributed by atoms with E-state index in [-0.39, 0.29) is 40.5 Å². The third kappa shape index (κ3) is 8.08. The van der Waals surface area contributed by atoms with Gasteiger partial charge in [-0.2, -0.15) is 0 Å². The van der Waals surface area contributed by atoms with Gasteiger partial charge in [-0.3, -0.25) is 13.9 Å². The van der Waals surface area contributed by atoms with Gasteiger partial charge in [0.1, 0.15) is 18.4 Å². The maximum Gasteiger partial charge on any atom is 0.244 e. The zero-order valence-electron chi connectivity index (χ0n) is 20.1. The average molecular weight is 546 g/mol. The molecule has 2 aromatic carbocycles. The molecular weight excluding hydrogens is 516 g/mol. The number of hydrogen-bond acceptors (Lipinski definition) is 4. The van der Waals surface area contributed by atoms with Crippen molar-refractivity contribution in [1.82, 2.24) is 10.2 Å². The number of sulfonamides is 1. The Morgan fingerprint density at radius 1 is 1.09 bits per heavy atom. The molecule has 0 aliphatic heterocycles. The molecule has 2 rings (SSSR count). The van der Waals surface area contributed by atoms with Gasteiger partial charge >= 0.3 is 0 Å². The first kappa shape index (κ1) is 28.9. The fraction of sp³-hybridized carbons (Fsp3) is 0.417. The summed E-state index contributed by atoms with van der Waals surface area (Å²) in [4.78, 5) is 27.9. The van der Waals surface area contributed by atoms with Crippen molar-refractivity contribution in [3.8, 4) is 0 Å². The number of rotatable bonds is 11. The molecule has 0 saturated carbocycles. The molecule has 1 N–H and O–H groups in total. The molecule has 0 heterocycles. The van der Waals surface area contributed by atoms with E-state index >= 15 is 0 Å². The highest BCUT2D eigenvalue weighted by atomic mass is 35.5. The summed E-state index contributed by atoms with van der Waals surface area (Å²) in [6, 6.07) is 9.13. The molecule has 11 heteroatoms. The third-order valence-electron chi connectivity index (χ3n) is 5.22. The Kier molecular flexibility index (Phi) is 10.4. The van der Waals surface area contributed by atoms with E-state index < -0.39 is 34.3 Å². The molecule has 0 unspecified atom stereocenters. The van der Waals surface area contributed by atoms with Crippen LogP contribution in [-0.4, -0.2) is 50.5 Å². The highest BCUT2D eigenvalue weighted by Crippen LogP contribution is 2.33. The number of anilines is 1. The lowest BCUT2D eigenvalue weighted by Gasteiger charge is -2.33. The van der Waals surface area contributed by atoms with Gasteiger partial charge in [0.2, 0.25) is 21.8 Å². The number of hydrogen-bond donors (Lipinski definition) is 1. The Morgan fingerprint density at radius 3 is 2.26 bits per heavy atom. The van der Waals surface area contributed by atoms with E-state index in [4.69, 9.17) is 23.2 Å². The van der Waals surface area contributed by atoms with Crippen LogP contribution >= 0.6 is 23.2 Å². The maximum atomic E-state index is 13.6. The van der Waals surface area contributed by atoms with Gasteiger partial charge in [0.05, 0.1) is 22.0 Å². The minimum Gasteiger partial charge on any atom is -0.354 e. The molecular formula is C24H30Cl2FN3O4S. The maximum absolute atomic E-state index is 13.6. The van der Waals surface area contributed by atoms with Crippen molar-refractivity contribution in [3.05, 3.63) is 63.9 Å². The van der Waals surface area contributed by atoms with E-state index in [0.717, 1.165) is 10.6 Å². The predicted molar refractivity (Wildman–Crippen MR) is 138 cm³/mol. The largest absolute Gasteiger partial charge is 0.354 e. The number of nitrogens with zero attached hydrogens (tertiary/aromatic N) is 2. The molecule has 0 bridgehead atoms. The highest BCUT2D eigenvalue weighted by molar-refractivity contribution is 7.92. The van der Waals surface area contributed by atoms with Crippen molar-refractivity contribution in [2.24, 2.45) is 5.92 Å². The average Bonchev–Trinajstić information content (AvgIpc) is 2.78. The van der Waals surface area contributed by atoms with E-state index in [9.17, 15) is 22.4 Å². The topological polar surface area (TPSA) is 86.8 Å². The zero-order valence-corrected chi connectivity index (χ0v) is 22.4. The standard InChI is InChI=1S/C24H30Cl2FN3O4S/c1-5-20(24(32)28-13-16(2)3)29(14-17-9-11-18(27)12-10-17)22(31)15-30(35(4,33)34)21-8-6-7-19(25)23(21)26/h6-12,16,20H,5,13-15H2,1-4H3,(H,28,32)/t20-/m1/s1. The molecule has 0 aromatic heterocycles. The highest BCUT2D eigenvalue weighted by Gasteiger charge is 2.32. The molecule has 2 amide bonds. The van der Waals surface area contributed by atoms with Crippen LogP contribution in [0.1, 0.15) is 32.8 Å². The molecule has 0 spiro atoms. The van der Waals surface area contributed by atoms with Gasteiger partial charge in [-0.15, -0.1) is 0 Å². The van der Waals surface area contributed by atoms with Crippen molar-refractivity contribution < 1.29 is 22.4 Å². The Hall–Kier alpha value is -2.36. The van der Waals surface area contributed by atoms with Crippen molar-refractivity contribution >= 4 is 50.7 Å². The summed E-state index contributed by atoms with van der Waals surface area (Å²) < 4.78 is 39.6. The van der Waals surface area contributed by atoms with Crippen LogP contribution in [0.2, 0.25) is 10.0 Å². The van der Waals surface area contributed by atoms with Crippen LogP contribution in [0.3, 0.4) is 0 Å². The fourth-order valence-corrected chi connectivity index (χ4v) is 4.71. The van der Waals surface area contributed by atoms with Crippen LogP contribution in [-0.2, 0) is 26.2 Å². The quantitative estimate of drug-likeness (QED) is 0.451. The summed E-state index contributed by atoms with van der Waals surface area (Å²) in [7, 11) is -3.95. The van der Waals surface area contributed by atoms with Gasteiger partial charge in [0, 0.05) is 13.1 Å². The van der Waals surface area contributed by atoms with E-state index in [1.807, 2.05) is 13.8 Å². The Bertz CT molecular complexity index is 1140. The van der Waals surface area contributed by atoms with Gasteiger partial charge in [-0.25, -0.2) is 12.8 Å². The second-order valence-corrected chi connectivity index (χ2v) is 11.2. The van der Waals surface area contributed by atoms with Crippen LogP contribution < -0.4 is 9.62 Å². The normalized spacial score (nSPS) is 12.3. The summed E-state index contributed by atoms with van der Waals surface area (Å²) in [5.41, 5.74) is 0.635. The smallest absolute Gasteiger partial charge is 0.244 e. The molecule has 0 fully saturated rings. The lowest BCUT2D eigenvalue weighted by atomic mass is 10.1. The number of amides is 2. The van der Waals surface area contributed by atoms with Gasteiger partial charge in [0.15, 0.2) is 0 Å². The van der Waals surface area contributed by atoms with Crippen molar-refractivity contribution in [2.75, 3.05) is 23.7 Å². The Morgan fingerprint density at radius 2 is 1.71 bits per heavy atom. The zero-order chi connectivity index (χ0) is 26.3. The van der Waals surface area contributed by atoms with Crippen LogP contribution in [0.5, 0.6) is 0 Å². The van der Waals surface area contributed by atoms with Crippen LogP contribution in [0.15, 0.2) is 42.5 Å².